The first-order chi connectivity index (χ1) is 26.7. The summed E-state index contributed by atoms with van der Waals surface area (Å²) >= 11 is 0. The van der Waals surface area contributed by atoms with Gasteiger partial charge in [0.2, 0.25) is 0 Å². The van der Waals surface area contributed by atoms with E-state index in [4.69, 9.17) is 15.5 Å². The van der Waals surface area contributed by atoms with Crippen LogP contribution < -0.4 is 11.1 Å². The molecule has 0 fully saturated rings. The zero-order valence-corrected chi connectivity index (χ0v) is 36.2. The molecule has 9 nitrogen and oxygen atoms in total. The zero-order chi connectivity index (χ0) is 39.7. The van der Waals surface area contributed by atoms with Crippen molar-refractivity contribution in [3.8, 4) is 0 Å². The van der Waals surface area contributed by atoms with Gasteiger partial charge in [-0.1, -0.05) is 129 Å². The summed E-state index contributed by atoms with van der Waals surface area (Å²) in [6.07, 6.45) is 23.8. The Kier molecular flexibility index (Phi) is 22.9. The van der Waals surface area contributed by atoms with Crippen molar-refractivity contribution in [3.63, 3.8) is 0 Å². The van der Waals surface area contributed by atoms with Gasteiger partial charge in [0, 0.05) is 11.8 Å². The molecular formula is C46H81N7O2. The summed E-state index contributed by atoms with van der Waals surface area (Å²) in [5.74, 6) is 1.15. The Morgan fingerprint density at radius 2 is 1.27 bits per heavy atom. The van der Waals surface area contributed by atoms with Gasteiger partial charge in [0.25, 0.3) is 0 Å². The summed E-state index contributed by atoms with van der Waals surface area (Å²) in [4.78, 5) is 28.1. The lowest BCUT2D eigenvalue weighted by Gasteiger charge is -2.27. The summed E-state index contributed by atoms with van der Waals surface area (Å²) in [5, 5.41) is 4.40. The molecule has 0 aliphatic rings. The number of pyridine rings is 1. The van der Waals surface area contributed by atoms with Crippen molar-refractivity contribution in [1.82, 2.24) is 29.7 Å². The Morgan fingerprint density at radius 3 is 1.89 bits per heavy atom. The molecule has 0 atom stereocenters. The second-order valence-corrected chi connectivity index (χ2v) is 16.5. The van der Waals surface area contributed by atoms with Gasteiger partial charge < -0.3 is 30.2 Å². The molecule has 0 aliphatic carbocycles. The number of esters is 1. The van der Waals surface area contributed by atoms with Gasteiger partial charge in [0.1, 0.15) is 16.9 Å². The lowest BCUT2D eigenvalue weighted by Crippen LogP contribution is -2.34. The largest absolute Gasteiger partial charge is 0.458 e. The number of fused-ring (bicyclic) bond motifs is 3. The highest BCUT2D eigenvalue weighted by atomic mass is 16.6. The van der Waals surface area contributed by atoms with Crippen LogP contribution in [0.25, 0.3) is 21.9 Å². The van der Waals surface area contributed by atoms with Crippen LogP contribution in [0.15, 0.2) is 24.3 Å². The summed E-state index contributed by atoms with van der Waals surface area (Å²) < 4.78 is 8.33. The van der Waals surface area contributed by atoms with E-state index < -0.39 is 5.60 Å². The number of nitrogen functional groups attached to an aromatic ring is 1. The number of nitrogens with zero attached hydrogens (tertiary/aromatic N) is 5. The average molecular weight is 764 g/mol. The van der Waals surface area contributed by atoms with Crippen molar-refractivity contribution in [3.05, 3.63) is 30.1 Å². The van der Waals surface area contributed by atoms with Gasteiger partial charge in [-0.3, -0.25) is 4.79 Å². The van der Waals surface area contributed by atoms with Crippen LogP contribution in [0.2, 0.25) is 0 Å². The zero-order valence-electron chi connectivity index (χ0n) is 36.2. The standard InChI is InChI=1S/C46H81N7O2/c1-7-11-13-15-17-19-25-32-51(10-4)35-28-36-52(33-26-20-18-16-14-12-8-2)34-27-21-22-31-42(54)55-46(5,6)38-53-41(37-48-9-3)50-43-44(53)39-29-23-24-30-40(39)49-45(43)47/h23-24,29-30,48H,7-22,25-28,31-38H2,1-6H3,(H2,47,49). The van der Waals surface area contributed by atoms with E-state index in [9.17, 15) is 4.79 Å². The Bertz CT molecular complexity index is 1470. The number of anilines is 1. The molecule has 2 aromatic heterocycles. The van der Waals surface area contributed by atoms with E-state index in [1.54, 1.807) is 0 Å². The van der Waals surface area contributed by atoms with Crippen molar-refractivity contribution >= 4 is 33.7 Å². The highest BCUT2D eigenvalue weighted by Gasteiger charge is 2.27. The Balaban J connectivity index is 1.47. The van der Waals surface area contributed by atoms with Crippen LogP contribution in [-0.2, 0) is 22.6 Å². The number of ether oxygens (including phenoxy) is 1. The molecule has 0 amide bonds. The molecule has 3 N–H and O–H groups in total. The van der Waals surface area contributed by atoms with Crippen LogP contribution in [0.5, 0.6) is 0 Å². The second-order valence-electron chi connectivity index (χ2n) is 16.5. The predicted molar refractivity (Wildman–Crippen MR) is 235 cm³/mol. The Hall–Kier alpha value is -2.75. The molecular weight excluding hydrogens is 683 g/mol. The third kappa shape index (κ3) is 17.5. The number of nitrogens with two attached hydrogens (primary N) is 1. The minimum absolute atomic E-state index is 0.130. The van der Waals surface area contributed by atoms with E-state index in [1.807, 2.05) is 32.0 Å². The van der Waals surface area contributed by atoms with Gasteiger partial charge in [-0.25, -0.2) is 9.97 Å². The van der Waals surface area contributed by atoms with Gasteiger partial charge in [-0.15, -0.1) is 0 Å². The summed E-state index contributed by atoms with van der Waals surface area (Å²) in [6.45, 7) is 22.0. The lowest BCUT2D eigenvalue weighted by atomic mass is 10.1. The van der Waals surface area contributed by atoms with Crippen molar-refractivity contribution in [1.29, 1.82) is 0 Å². The average Bonchev–Trinajstić information content (AvgIpc) is 3.52. The number of hydrogen-bond donors (Lipinski definition) is 2. The molecule has 55 heavy (non-hydrogen) atoms. The topological polar surface area (TPSA) is 102 Å². The number of carbonyl (C=O) groups is 1. The molecule has 0 saturated heterocycles. The number of hydrogen-bond acceptors (Lipinski definition) is 8. The maximum Gasteiger partial charge on any atom is 0.306 e. The third-order valence-electron chi connectivity index (χ3n) is 11.1. The van der Waals surface area contributed by atoms with Crippen LogP contribution in [0, 0.1) is 0 Å². The Labute approximate surface area is 335 Å². The first-order valence-corrected chi connectivity index (χ1v) is 22.6. The number of benzene rings is 1. The molecule has 1 aromatic carbocycles. The van der Waals surface area contributed by atoms with Crippen molar-refractivity contribution in [2.75, 3.05) is 51.5 Å². The second kappa shape index (κ2) is 27.0. The molecule has 0 unspecified atom stereocenters. The monoisotopic (exact) mass is 764 g/mol. The van der Waals surface area contributed by atoms with Crippen molar-refractivity contribution in [2.45, 2.75) is 182 Å². The number of aromatic nitrogens is 3. The fourth-order valence-electron chi connectivity index (χ4n) is 7.87. The number of nitrogens with one attached hydrogen (secondary N) is 1. The van der Waals surface area contributed by atoms with E-state index in [0.717, 1.165) is 61.1 Å². The molecule has 0 radical (unpaired) electrons. The van der Waals surface area contributed by atoms with Gasteiger partial charge in [-0.05, 0) is 97.8 Å². The van der Waals surface area contributed by atoms with Gasteiger partial charge >= 0.3 is 5.97 Å². The molecule has 9 heteroatoms. The van der Waals surface area contributed by atoms with Crippen LogP contribution >= 0.6 is 0 Å². The summed E-state index contributed by atoms with van der Waals surface area (Å²) in [6, 6.07) is 8.02. The quantitative estimate of drug-likeness (QED) is 0.0467. The minimum Gasteiger partial charge on any atom is -0.458 e. The molecule has 312 valence electrons. The first-order valence-electron chi connectivity index (χ1n) is 22.6. The molecule has 3 rings (SSSR count). The molecule has 0 saturated carbocycles. The number of imidazole rings is 1. The highest BCUT2D eigenvalue weighted by Crippen LogP contribution is 2.30. The number of para-hydroxylation sites is 1. The molecule has 0 bridgehead atoms. The normalized spacial score (nSPS) is 12.2. The lowest BCUT2D eigenvalue weighted by molar-refractivity contribution is -0.157. The third-order valence-corrected chi connectivity index (χ3v) is 11.1. The smallest absolute Gasteiger partial charge is 0.306 e. The van der Waals surface area contributed by atoms with E-state index >= 15 is 0 Å². The van der Waals surface area contributed by atoms with E-state index in [0.29, 0.717) is 30.8 Å². The molecule has 0 spiro atoms. The summed E-state index contributed by atoms with van der Waals surface area (Å²) in [5.41, 5.74) is 8.15. The Morgan fingerprint density at radius 1 is 0.727 bits per heavy atom. The maximum absolute atomic E-state index is 13.2. The predicted octanol–water partition coefficient (Wildman–Crippen LogP) is 10.7. The van der Waals surface area contributed by atoms with Crippen LogP contribution in [0.1, 0.15) is 169 Å². The van der Waals surface area contributed by atoms with Gasteiger partial charge in [0.05, 0.1) is 24.1 Å². The number of carbonyl (C=O) groups excluding carboxylic acids is 1. The van der Waals surface area contributed by atoms with E-state index in [2.05, 4.69) is 58.4 Å². The van der Waals surface area contributed by atoms with Crippen LogP contribution in [0.3, 0.4) is 0 Å². The molecule has 2 heterocycles. The number of unbranched alkanes of at least 4 members (excludes halogenated alkanes) is 14. The van der Waals surface area contributed by atoms with Crippen LogP contribution in [0.4, 0.5) is 5.82 Å². The molecule has 0 aliphatic heterocycles. The van der Waals surface area contributed by atoms with Gasteiger partial charge in [0.15, 0.2) is 5.82 Å². The fourth-order valence-corrected chi connectivity index (χ4v) is 7.87. The van der Waals surface area contributed by atoms with Crippen molar-refractivity contribution < 1.29 is 9.53 Å². The fraction of sp³-hybridized carbons (Fsp3) is 0.761. The van der Waals surface area contributed by atoms with E-state index in [1.165, 1.54) is 122 Å². The van der Waals surface area contributed by atoms with Crippen LogP contribution in [-0.4, -0.2) is 81.7 Å². The van der Waals surface area contributed by atoms with E-state index in [-0.39, 0.29) is 5.97 Å². The van der Waals surface area contributed by atoms with Gasteiger partial charge in [-0.2, -0.15) is 0 Å². The summed E-state index contributed by atoms with van der Waals surface area (Å²) in [7, 11) is 0. The minimum atomic E-state index is -0.723. The molecule has 3 aromatic rings. The van der Waals surface area contributed by atoms with Crippen molar-refractivity contribution in [2.24, 2.45) is 0 Å². The number of rotatable bonds is 33. The maximum atomic E-state index is 13.2. The SMILES string of the molecule is CCCCCCCCCN(CC)CCCN(CCCCCCCCC)CCCCCC(=O)OC(C)(C)Cn1c(CNCC)nc2c(N)nc3ccccc3c21. The first kappa shape index (κ1) is 46.6. The highest BCUT2D eigenvalue weighted by molar-refractivity contribution is 6.06.